The third-order valence-electron chi connectivity index (χ3n) is 5.69. The predicted molar refractivity (Wildman–Crippen MR) is 125 cm³/mol. The number of carbonyl (C=O) groups excluding carboxylic acids is 1. The van der Waals surface area contributed by atoms with E-state index in [1.165, 1.54) is 6.08 Å². The van der Waals surface area contributed by atoms with Gasteiger partial charge in [-0.1, -0.05) is 74.0 Å². The fraction of sp³-hybridized carbons (Fsp3) is 0.423. The van der Waals surface area contributed by atoms with Gasteiger partial charge < -0.3 is 19.3 Å². The van der Waals surface area contributed by atoms with Crippen LogP contribution in [0.3, 0.4) is 0 Å². The number of aliphatic hydroxyl groups excluding tert-OH is 1. The highest BCUT2D eigenvalue weighted by atomic mass is 16.8. The van der Waals surface area contributed by atoms with Gasteiger partial charge in [-0.15, -0.1) is 0 Å². The average molecular weight is 470 g/mol. The van der Waals surface area contributed by atoms with E-state index < -0.39 is 35.4 Å². The molecule has 2 aromatic carbocycles. The van der Waals surface area contributed by atoms with Crippen molar-refractivity contribution in [2.45, 2.75) is 57.2 Å². The summed E-state index contributed by atoms with van der Waals surface area (Å²) in [4.78, 5) is 23.4. The Morgan fingerprint density at radius 2 is 1.82 bits per heavy atom. The van der Waals surface area contributed by atoms with Gasteiger partial charge in [-0.3, -0.25) is 10.1 Å². The van der Waals surface area contributed by atoms with E-state index in [9.17, 15) is 20.0 Å². The maximum Gasteiger partial charge on any atom is 0.334 e. The first-order chi connectivity index (χ1) is 16.5. The molecule has 3 atom stereocenters. The van der Waals surface area contributed by atoms with Crippen LogP contribution in [0.4, 0.5) is 0 Å². The number of esters is 1. The molecule has 1 aliphatic heterocycles. The number of unbranched alkanes of at least 4 members (excludes halogenated alkanes) is 1. The Balaban J connectivity index is 1.85. The van der Waals surface area contributed by atoms with Crippen molar-refractivity contribution in [1.29, 1.82) is 0 Å². The van der Waals surface area contributed by atoms with Crippen molar-refractivity contribution in [2.75, 3.05) is 13.2 Å². The number of aliphatic hydroxyl groups is 1. The monoisotopic (exact) mass is 469 g/mol. The van der Waals surface area contributed by atoms with Gasteiger partial charge in [-0.05, 0) is 18.1 Å². The molecule has 3 unspecified atom stereocenters. The standard InChI is InChI=1S/C26H31NO7/c1-2-3-15-26(22-12-8-5-9-13-22)33-23(24(18-28)34-26)17-21(14-16-27(30)31)25(29)32-19-20-10-6-4-7-11-20/h4-13,17,23-24,28H,2-3,14-16,18-19H2,1H3. The molecule has 0 aliphatic carbocycles. The Labute approximate surface area is 199 Å². The van der Waals surface area contributed by atoms with Crippen LogP contribution in [-0.2, 0) is 31.4 Å². The van der Waals surface area contributed by atoms with Gasteiger partial charge >= 0.3 is 5.97 Å². The molecule has 182 valence electrons. The summed E-state index contributed by atoms with van der Waals surface area (Å²) in [6, 6.07) is 18.6. The van der Waals surface area contributed by atoms with Crippen LogP contribution in [-0.4, -0.2) is 41.4 Å². The van der Waals surface area contributed by atoms with Crippen LogP contribution in [0.15, 0.2) is 72.3 Å². The predicted octanol–water partition coefficient (Wildman–Crippen LogP) is 4.14. The van der Waals surface area contributed by atoms with Gasteiger partial charge in [-0.25, -0.2) is 4.79 Å². The number of hydrogen-bond donors (Lipinski definition) is 1. The number of hydrogen-bond acceptors (Lipinski definition) is 7. The highest BCUT2D eigenvalue weighted by Gasteiger charge is 2.47. The van der Waals surface area contributed by atoms with Crippen LogP contribution in [0.25, 0.3) is 0 Å². The van der Waals surface area contributed by atoms with Crippen LogP contribution in [0.2, 0.25) is 0 Å². The summed E-state index contributed by atoms with van der Waals surface area (Å²) in [5.74, 6) is -1.73. The minimum Gasteiger partial charge on any atom is -0.457 e. The van der Waals surface area contributed by atoms with Crippen molar-refractivity contribution in [2.24, 2.45) is 0 Å². The Bertz CT molecular complexity index is 964. The lowest BCUT2D eigenvalue weighted by atomic mass is 10.00. The normalized spacial score (nSPS) is 22.5. The minimum atomic E-state index is -1.08. The topological polar surface area (TPSA) is 108 Å². The first kappa shape index (κ1) is 25.6. The fourth-order valence-electron chi connectivity index (χ4n) is 3.90. The molecular formula is C26H31NO7. The van der Waals surface area contributed by atoms with E-state index in [0.29, 0.717) is 6.42 Å². The van der Waals surface area contributed by atoms with E-state index in [1.807, 2.05) is 60.7 Å². The first-order valence-corrected chi connectivity index (χ1v) is 11.5. The molecule has 0 amide bonds. The fourth-order valence-corrected chi connectivity index (χ4v) is 3.90. The van der Waals surface area contributed by atoms with Crippen molar-refractivity contribution in [1.82, 2.24) is 0 Å². The number of nitro groups is 1. The zero-order valence-electron chi connectivity index (χ0n) is 19.3. The van der Waals surface area contributed by atoms with Crippen molar-refractivity contribution in [3.05, 3.63) is 93.6 Å². The van der Waals surface area contributed by atoms with Gasteiger partial charge in [0.05, 0.1) is 6.61 Å². The quantitative estimate of drug-likeness (QED) is 0.215. The Morgan fingerprint density at radius 1 is 1.15 bits per heavy atom. The molecule has 1 aliphatic rings. The van der Waals surface area contributed by atoms with Gasteiger partial charge in [0.15, 0.2) is 5.79 Å². The van der Waals surface area contributed by atoms with Gasteiger partial charge in [0, 0.05) is 28.9 Å². The van der Waals surface area contributed by atoms with Crippen molar-refractivity contribution >= 4 is 5.97 Å². The summed E-state index contributed by atoms with van der Waals surface area (Å²) in [7, 11) is 0. The molecule has 34 heavy (non-hydrogen) atoms. The zero-order chi connectivity index (χ0) is 24.4. The molecule has 1 heterocycles. The number of carbonyl (C=O) groups is 1. The second-order valence-electron chi connectivity index (χ2n) is 8.20. The molecule has 1 N–H and O–H groups in total. The van der Waals surface area contributed by atoms with Crippen molar-refractivity contribution in [3.8, 4) is 0 Å². The van der Waals surface area contributed by atoms with E-state index >= 15 is 0 Å². The van der Waals surface area contributed by atoms with Crippen LogP contribution in [0.1, 0.15) is 43.7 Å². The maximum absolute atomic E-state index is 12.8. The van der Waals surface area contributed by atoms with Gasteiger partial charge in [0.25, 0.3) is 0 Å². The molecule has 0 spiro atoms. The Morgan fingerprint density at radius 3 is 2.44 bits per heavy atom. The van der Waals surface area contributed by atoms with Crippen molar-refractivity contribution < 1.29 is 29.0 Å². The van der Waals surface area contributed by atoms with Crippen LogP contribution in [0, 0.1) is 10.1 Å². The molecule has 2 aromatic rings. The summed E-state index contributed by atoms with van der Waals surface area (Å²) < 4.78 is 18.0. The lowest BCUT2D eigenvalue weighted by Gasteiger charge is -2.28. The molecule has 8 heteroatoms. The summed E-state index contributed by atoms with van der Waals surface area (Å²) in [6.45, 7) is 1.35. The molecule has 0 bridgehead atoms. The van der Waals surface area contributed by atoms with Crippen molar-refractivity contribution in [3.63, 3.8) is 0 Å². The van der Waals surface area contributed by atoms with E-state index in [1.54, 1.807) is 0 Å². The SMILES string of the molecule is CCCCC1(c2ccccc2)OC(C=C(CC[N+](=O)[O-])C(=O)OCc2ccccc2)C(CO)O1. The molecule has 0 radical (unpaired) electrons. The molecule has 0 aromatic heterocycles. The molecule has 0 saturated carbocycles. The van der Waals surface area contributed by atoms with E-state index in [-0.39, 0.29) is 25.2 Å². The third kappa shape index (κ3) is 6.72. The number of ether oxygens (including phenoxy) is 3. The highest BCUT2D eigenvalue weighted by Crippen LogP contribution is 2.42. The van der Waals surface area contributed by atoms with Gasteiger partial charge in [-0.2, -0.15) is 0 Å². The van der Waals surface area contributed by atoms with Crippen LogP contribution in [0.5, 0.6) is 0 Å². The molecule has 1 fully saturated rings. The minimum absolute atomic E-state index is 0.0470. The van der Waals surface area contributed by atoms with E-state index in [2.05, 4.69) is 6.92 Å². The summed E-state index contributed by atoms with van der Waals surface area (Å²) >= 11 is 0. The Hall–Kier alpha value is -3.07. The lowest BCUT2D eigenvalue weighted by Crippen LogP contribution is -2.28. The zero-order valence-corrected chi connectivity index (χ0v) is 19.3. The second-order valence-corrected chi connectivity index (χ2v) is 8.20. The summed E-state index contributed by atoms with van der Waals surface area (Å²) in [5.41, 5.74) is 1.75. The number of benzene rings is 2. The smallest absolute Gasteiger partial charge is 0.334 e. The van der Waals surface area contributed by atoms with Gasteiger partial charge in [0.1, 0.15) is 18.8 Å². The van der Waals surface area contributed by atoms with E-state index in [0.717, 1.165) is 24.0 Å². The number of rotatable bonds is 12. The number of nitrogens with zero attached hydrogens (tertiary/aromatic N) is 1. The maximum atomic E-state index is 12.8. The molecule has 3 rings (SSSR count). The van der Waals surface area contributed by atoms with Crippen LogP contribution >= 0.6 is 0 Å². The Kier molecular flexibility index (Phi) is 9.33. The average Bonchev–Trinajstić information content (AvgIpc) is 3.23. The van der Waals surface area contributed by atoms with E-state index in [4.69, 9.17) is 14.2 Å². The van der Waals surface area contributed by atoms with Gasteiger partial charge in [0.2, 0.25) is 6.54 Å². The molecular weight excluding hydrogens is 438 g/mol. The highest BCUT2D eigenvalue weighted by molar-refractivity contribution is 5.88. The molecule has 1 saturated heterocycles. The largest absolute Gasteiger partial charge is 0.457 e. The molecule has 8 nitrogen and oxygen atoms in total. The summed E-state index contributed by atoms with van der Waals surface area (Å²) in [5, 5.41) is 21.0. The summed E-state index contributed by atoms with van der Waals surface area (Å²) in [6.07, 6.45) is 2.21. The lowest BCUT2D eigenvalue weighted by molar-refractivity contribution is -0.479. The third-order valence-corrected chi connectivity index (χ3v) is 5.69. The van der Waals surface area contributed by atoms with Crippen LogP contribution < -0.4 is 0 Å². The first-order valence-electron chi connectivity index (χ1n) is 11.5. The second kappa shape index (κ2) is 12.4.